The zero-order valence-electron chi connectivity index (χ0n) is 29.2. The lowest BCUT2D eigenvalue weighted by Crippen LogP contribution is -2.44. The summed E-state index contributed by atoms with van der Waals surface area (Å²) in [6.45, 7) is 15.2. The van der Waals surface area contributed by atoms with E-state index in [-0.39, 0.29) is 17.7 Å². The van der Waals surface area contributed by atoms with Crippen LogP contribution in [0.15, 0.2) is 60.9 Å². The lowest BCUT2D eigenvalue weighted by atomic mass is 10.0. The molecule has 3 heterocycles. The maximum atomic E-state index is 13.1. The van der Waals surface area contributed by atoms with Crippen molar-refractivity contribution in [1.82, 2.24) is 29.7 Å². The van der Waals surface area contributed by atoms with E-state index in [4.69, 9.17) is 9.47 Å². The molecule has 1 aliphatic rings. The van der Waals surface area contributed by atoms with Crippen LogP contribution in [0.25, 0.3) is 33.6 Å². The van der Waals surface area contributed by atoms with Crippen LogP contribution >= 0.6 is 0 Å². The molecule has 48 heavy (non-hydrogen) atoms. The Morgan fingerprint density at radius 3 is 1.58 bits per heavy atom. The Labute approximate surface area is 284 Å². The molecule has 0 saturated carbocycles. The molecule has 0 atom stereocenters. The third-order valence-electron chi connectivity index (χ3n) is 8.40. The third-order valence-corrected chi connectivity index (χ3v) is 8.40. The molecule has 10 heteroatoms. The number of hydrogen-bond acceptors (Lipinski definition) is 6. The average Bonchev–Trinajstić information content (AvgIpc) is 3.82. The van der Waals surface area contributed by atoms with Crippen molar-refractivity contribution < 1.29 is 19.1 Å². The topological polar surface area (TPSA) is 116 Å². The Bertz CT molecular complexity index is 1630. The number of aromatic nitrogens is 4. The van der Waals surface area contributed by atoms with E-state index in [1.165, 1.54) is 0 Å². The maximum absolute atomic E-state index is 13.1. The molecule has 2 N–H and O–H groups in total. The van der Waals surface area contributed by atoms with Gasteiger partial charge in [-0.3, -0.25) is 9.59 Å². The van der Waals surface area contributed by atoms with Crippen LogP contribution < -0.4 is 0 Å². The van der Waals surface area contributed by atoms with Crippen molar-refractivity contribution >= 4 is 11.8 Å². The minimum Gasteiger partial charge on any atom is -0.346 e. The second-order valence-corrected chi connectivity index (χ2v) is 13.7. The maximum Gasteiger partial charge on any atom is 0.223 e. The van der Waals surface area contributed by atoms with Crippen LogP contribution in [0.2, 0.25) is 0 Å². The normalized spacial score (nSPS) is 14.2. The van der Waals surface area contributed by atoms with Crippen LogP contribution in [0.4, 0.5) is 0 Å². The Morgan fingerprint density at radius 2 is 1.15 bits per heavy atom. The first kappa shape index (κ1) is 35.0. The van der Waals surface area contributed by atoms with E-state index in [2.05, 4.69) is 89.2 Å². The van der Waals surface area contributed by atoms with Gasteiger partial charge in [0, 0.05) is 19.4 Å². The van der Waals surface area contributed by atoms with Crippen molar-refractivity contribution in [1.29, 1.82) is 0 Å². The number of nitrogens with one attached hydrogen (secondary N) is 2. The Balaban J connectivity index is 1.22. The lowest BCUT2D eigenvalue weighted by molar-refractivity contribution is -0.167. The molecule has 0 radical (unpaired) electrons. The molecule has 2 aromatic heterocycles. The molecular formula is C38H50N6O4. The Kier molecular flexibility index (Phi) is 11.5. The minimum absolute atomic E-state index is 0.0545. The molecule has 2 amide bonds. The monoisotopic (exact) mass is 654 g/mol. The van der Waals surface area contributed by atoms with E-state index in [0.717, 1.165) is 52.4 Å². The van der Waals surface area contributed by atoms with Crippen LogP contribution in [-0.2, 0) is 32.2 Å². The molecule has 1 fully saturated rings. The quantitative estimate of drug-likeness (QED) is 0.142. The van der Waals surface area contributed by atoms with Crippen molar-refractivity contribution in [2.75, 3.05) is 26.3 Å². The van der Waals surface area contributed by atoms with Crippen molar-refractivity contribution in [3.05, 3.63) is 72.6 Å². The first-order valence-electron chi connectivity index (χ1n) is 17.1. The van der Waals surface area contributed by atoms with Crippen LogP contribution in [0.1, 0.15) is 72.5 Å². The van der Waals surface area contributed by atoms with E-state index < -0.39 is 5.79 Å². The molecule has 1 saturated heterocycles. The number of ether oxygens (including phenoxy) is 2. The summed E-state index contributed by atoms with van der Waals surface area (Å²) in [5, 5.41) is 0. The van der Waals surface area contributed by atoms with E-state index in [0.29, 0.717) is 57.4 Å². The predicted octanol–water partition coefficient (Wildman–Crippen LogP) is 7.06. The SMILES string of the molecule is CCCN(Cc1ncc(-c2ccc(-c3ccc(-c4cnc(CN(CC5(C)OCCO5)C(=O)CC(C)C)[nH]4)cc3)cc2)[nH]1)C(=O)CC(C)C. The van der Waals surface area contributed by atoms with Crippen LogP contribution in [0.3, 0.4) is 0 Å². The van der Waals surface area contributed by atoms with Gasteiger partial charge >= 0.3 is 0 Å². The molecule has 4 aromatic rings. The van der Waals surface area contributed by atoms with Gasteiger partial charge in [-0.15, -0.1) is 0 Å². The van der Waals surface area contributed by atoms with E-state index >= 15 is 0 Å². The standard InChI is InChI=1S/C38H50N6O4/c1-7-16-43(36(45)19-26(2)3)23-34-39-21-32(41-34)30-12-8-28(9-13-30)29-10-14-31(15-11-29)33-22-40-35(42-33)24-44(37(46)20-27(4)5)25-38(6)47-17-18-48-38/h8-15,21-22,26-27H,7,16-20,23-25H2,1-6H3,(H,39,41)(H,40,42). The van der Waals surface area contributed by atoms with E-state index in [1.807, 2.05) is 38.1 Å². The third kappa shape index (κ3) is 9.20. The molecule has 1 aliphatic heterocycles. The first-order valence-corrected chi connectivity index (χ1v) is 17.1. The van der Waals surface area contributed by atoms with Gasteiger partial charge in [0.25, 0.3) is 0 Å². The molecule has 0 bridgehead atoms. The predicted molar refractivity (Wildman–Crippen MR) is 187 cm³/mol. The van der Waals surface area contributed by atoms with Gasteiger partial charge in [-0.2, -0.15) is 0 Å². The molecular weight excluding hydrogens is 604 g/mol. The van der Waals surface area contributed by atoms with Crippen LogP contribution in [0.5, 0.6) is 0 Å². The number of carbonyl (C=O) groups excluding carboxylic acids is 2. The summed E-state index contributed by atoms with van der Waals surface area (Å²) in [7, 11) is 0. The summed E-state index contributed by atoms with van der Waals surface area (Å²) in [6.07, 6.45) is 5.56. The zero-order chi connectivity index (χ0) is 34.3. The van der Waals surface area contributed by atoms with E-state index in [1.54, 1.807) is 4.90 Å². The minimum atomic E-state index is -0.803. The molecule has 5 rings (SSSR count). The summed E-state index contributed by atoms with van der Waals surface area (Å²) in [5.74, 6) is 1.50. The summed E-state index contributed by atoms with van der Waals surface area (Å²) in [5.41, 5.74) is 6.07. The summed E-state index contributed by atoms with van der Waals surface area (Å²) < 4.78 is 11.6. The van der Waals surface area contributed by atoms with Crippen LogP contribution in [0, 0.1) is 11.8 Å². The van der Waals surface area contributed by atoms with Gasteiger partial charge in [-0.05, 0) is 47.4 Å². The number of aromatic amines is 2. The van der Waals surface area contributed by atoms with Crippen molar-refractivity contribution in [2.24, 2.45) is 11.8 Å². The van der Waals surface area contributed by atoms with Crippen LogP contribution in [-0.4, -0.2) is 73.6 Å². The molecule has 0 aliphatic carbocycles. The largest absolute Gasteiger partial charge is 0.346 e. The van der Waals surface area contributed by atoms with Gasteiger partial charge in [-0.25, -0.2) is 9.97 Å². The number of nitrogens with zero attached hydrogens (tertiary/aromatic N) is 4. The fraction of sp³-hybridized carbons (Fsp3) is 0.474. The highest BCUT2D eigenvalue weighted by Crippen LogP contribution is 2.28. The van der Waals surface area contributed by atoms with Gasteiger partial charge < -0.3 is 29.2 Å². The Morgan fingerprint density at radius 1 is 0.729 bits per heavy atom. The molecule has 2 aromatic carbocycles. The Hall–Kier alpha value is -4.28. The zero-order valence-corrected chi connectivity index (χ0v) is 29.2. The summed E-state index contributed by atoms with van der Waals surface area (Å²) in [4.78, 5) is 45.5. The highest BCUT2D eigenvalue weighted by molar-refractivity contribution is 5.77. The molecule has 10 nitrogen and oxygen atoms in total. The van der Waals surface area contributed by atoms with Gasteiger partial charge in [-0.1, -0.05) is 83.1 Å². The molecule has 0 spiro atoms. The lowest BCUT2D eigenvalue weighted by Gasteiger charge is -2.31. The number of amides is 2. The van der Waals surface area contributed by atoms with Gasteiger partial charge in [0.15, 0.2) is 5.79 Å². The fourth-order valence-corrected chi connectivity index (χ4v) is 5.97. The van der Waals surface area contributed by atoms with Crippen molar-refractivity contribution in [2.45, 2.75) is 79.7 Å². The van der Waals surface area contributed by atoms with Gasteiger partial charge in [0.05, 0.1) is 56.6 Å². The van der Waals surface area contributed by atoms with Crippen molar-refractivity contribution in [3.63, 3.8) is 0 Å². The second-order valence-electron chi connectivity index (χ2n) is 13.7. The number of H-pyrrole nitrogens is 2. The number of rotatable bonds is 15. The van der Waals surface area contributed by atoms with Gasteiger partial charge in [0.2, 0.25) is 11.8 Å². The summed E-state index contributed by atoms with van der Waals surface area (Å²) >= 11 is 0. The van der Waals surface area contributed by atoms with E-state index in [9.17, 15) is 9.59 Å². The number of hydrogen-bond donors (Lipinski definition) is 2. The highest BCUT2D eigenvalue weighted by Gasteiger charge is 2.35. The molecule has 0 unspecified atom stereocenters. The van der Waals surface area contributed by atoms with Gasteiger partial charge in [0.1, 0.15) is 11.6 Å². The number of benzene rings is 2. The molecule has 256 valence electrons. The first-order chi connectivity index (χ1) is 23.0. The number of imidazole rings is 2. The average molecular weight is 655 g/mol. The van der Waals surface area contributed by atoms with Crippen molar-refractivity contribution in [3.8, 4) is 33.6 Å². The smallest absolute Gasteiger partial charge is 0.223 e. The fourth-order valence-electron chi connectivity index (χ4n) is 5.97. The number of carbonyl (C=O) groups is 2. The summed E-state index contributed by atoms with van der Waals surface area (Å²) in [6, 6.07) is 16.7. The highest BCUT2D eigenvalue weighted by atomic mass is 16.7. The second kappa shape index (κ2) is 15.7.